The molecule has 0 atom stereocenters. The number of nitrogens with one attached hydrogen (secondary N) is 1. The Morgan fingerprint density at radius 2 is 1.95 bits per heavy atom. The van der Waals surface area contributed by atoms with E-state index in [1.54, 1.807) is 0 Å². The number of rotatable bonds is 4. The van der Waals surface area contributed by atoms with E-state index in [-0.39, 0.29) is 5.91 Å². The van der Waals surface area contributed by atoms with Gasteiger partial charge < -0.3 is 11.1 Å². The van der Waals surface area contributed by atoms with Crippen molar-refractivity contribution in [2.75, 3.05) is 5.73 Å². The molecule has 5 heteroatoms. The average molecular weight is 315 g/mol. The summed E-state index contributed by atoms with van der Waals surface area (Å²) in [6, 6.07) is 8.00. The van der Waals surface area contributed by atoms with Crippen LogP contribution in [0, 0.1) is 0 Å². The van der Waals surface area contributed by atoms with Crippen LogP contribution in [0.4, 0.5) is 5.69 Å². The second kappa shape index (κ2) is 6.92. The van der Waals surface area contributed by atoms with Gasteiger partial charge in [0.2, 0.25) is 5.91 Å². The van der Waals surface area contributed by atoms with Gasteiger partial charge in [0, 0.05) is 22.7 Å². The second-order valence-electron chi connectivity index (χ2n) is 5.83. The van der Waals surface area contributed by atoms with E-state index in [1.807, 2.05) is 29.6 Å². The summed E-state index contributed by atoms with van der Waals surface area (Å²) >= 11 is 1.54. The minimum atomic E-state index is 0.0881. The molecule has 1 fully saturated rings. The molecule has 2 aromatic rings. The summed E-state index contributed by atoms with van der Waals surface area (Å²) in [5.74, 6) is 0.0881. The number of hydrogen-bond acceptors (Lipinski definition) is 4. The standard InChI is InChI=1S/C17H21N3OS/c18-13-8-6-12(7-9-13)15-11-22-17(20-15)10-16(21)19-14-4-2-1-3-5-14/h6-9,11,14H,1-5,10,18H2,(H,19,21). The van der Waals surface area contributed by atoms with Crippen LogP contribution in [0.3, 0.4) is 0 Å². The minimum absolute atomic E-state index is 0.0881. The number of thiazole rings is 1. The zero-order chi connectivity index (χ0) is 15.4. The Morgan fingerprint density at radius 3 is 2.68 bits per heavy atom. The summed E-state index contributed by atoms with van der Waals surface area (Å²) in [5.41, 5.74) is 8.38. The molecule has 1 aromatic carbocycles. The van der Waals surface area contributed by atoms with Crippen molar-refractivity contribution in [1.82, 2.24) is 10.3 Å². The van der Waals surface area contributed by atoms with Crippen LogP contribution in [0.1, 0.15) is 37.1 Å². The fraction of sp³-hybridized carbons (Fsp3) is 0.412. The summed E-state index contributed by atoms with van der Waals surface area (Å²) in [7, 11) is 0. The van der Waals surface area contributed by atoms with Gasteiger partial charge in [0.25, 0.3) is 0 Å². The third-order valence-corrected chi connectivity index (χ3v) is 4.89. The molecule has 0 aliphatic heterocycles. The zero-order valence-electron chi connectivity index (χ0n) is 12.5. The molecule has 3 N–H and O–H groups in total. The van der Waals surface area contributed by atoms with Gasteiger partial charge in [-0.1, -0.05) is 31.4 Å². The second-order valence-corrected chi connectivity index (χ2v) is 6.77. The Labute approximate surface area is 134 Å². The SMILES string of the molecule is Nc1ccc(-c2csc(CC(=O)NC3CCCCC3)n2)cc1. The number of nitrogen functional groups attached to an aromatic ring is 1. The Balaban J connectivity index is 1.59. The van der Waals surface area contributed by atoms with Gasteiger partial charge in [0.1, 0.15) is 5.01 Å². The molecule has 116 valence electrons. The van der Waals surface area contributed by atoms with E-state index in [1.165, 1.54) is 30.6 Å². The molecule has 1 aliphatic rings. The summed E-state index contributed by atoms with van der Waals surface area (Å²) < 4.78 is 0. The van der Waals surface area contributed by atoms with Crippen molar-refractivity contribution in [3.05, 3.63) is 34.7 Å². The molecule has 0 spiro atoms. The topological polar surface area (TPSA) is 68.0 Å². The lowest BCUT2D eigenvalue weighted by molar-refractivity contribution is -0.121. The molecular weight excluding hydrogens is 294 g/mol. The van der Waals surface area contributed by atoms with Crippen LogP contribution in [0.5, 0.6) is 0 Å². The van der Waals surface area contributed by atoms with Gasteiger partial charge in [-0.3, -0.25) is 4.79 Å². The first-order valence-corrected chi connectivity index (χ1v) is 8.68. The fourth-order valence-electron chi connectivity index (χ4n) is 2.84. The average Bonchev–Trinajstić information content (AvgIpc) is 2.97. The van der Waals surface area contributed by atoms with Crippen molar-refractivity contribution in [3.63, 3.8) is 0 Å². The van der Waals surface area contributed by atoms with Crippen LogP contribution in [0.2, 0.25) is 0 Å². The van der Waals surface area contributed by atoms with Crippen LogP contribution < -0.4 is 11.1 Å². The zero-order valence-corrected chi connectivity index (χ0v) is 13.4. The predicted octanol–water partition coefficient (Wildman–Crippen LogP) is 3.38. The predicted molar refractivity (Wildman–Crippen MR) is 90.7 cm³/mol. The molecule has 4 nitrogen and oxygen atoms in total. The molecule has 1 amide bonds. The number of carbonyl (C=O) groups is 1. The summed E-state index contributed by atoms with van der Waals surface area (Å²) in [4.78, 5) is 16.7. The van der Waals surface area contributed by atoms with Crippen LogP contribution in [0.25, 0.3) is 11.3 Å². The first-order valence-electron chi connectivity index (χ1n) is 7.80. The number of hydrogen-bond donors (Lipinski definition) is 2. The number of nitrogens with two attached hydrogens (primary N) is 1. The maximum atomic E-state index is 12.1. The third kappa shape index (κ3) is 3.85. The highest BCUT2D eigenvalue weighted by Gasteiger charge is 2.16. The summed E-state index contributed by atoms with van der Waals surface area (Å²) in [6.45, 7) is 0. The van der Waals surface area contributed by atoms with Crippen molar-refractivity contribution in [2.45, 2.75) is 44.6 Å². The van der Waals surface area contributed by atoms with E-state index in [2.05, 4.69) is 10.3 Å². The first kappa shape index (κ1) is 15.0. The van der Waals surface area contributed by atoms with Crippen molar-refractivity contribution < 1.29 is 4.79 Å². The molecular formula is C17H21N3OS. The minimum Gasteiger partial charge on any atom is -0.399 e. The molecule has 0 bridgehead atoms. The molecule has 1 heterocycles. The number of nitrogens with zero attached hydrogens (tertiary/aromatic N) is 1. The van der Waals surface area contributed by atoms with E-state index in [0.717, 1.165) is 34.8 Å². The normalized spacial score (nSPS) is 15.6. The Bertz CT molecular complexity index is 630. The lowest BCUT2D eigenvalue weighted by atomic mass is 9.95. The van der Waals surface area contributed by atoms with E-state index in [0.29, 0.717) is 12.5 Å². The number of anilines is 1. The number of carbonyl (C=O) groups excluding carboxylic acids is 1. The molecule has 0 unspecified atom stereocenters. The summed E-state index contributed by atoms with van der Waals surface area (Å²) in [5, 5.41) is 5.99. The Hall–Kier alpha value is -1.88. The molecule has 0 radical (unpaired) electrons. The van der Waals surface area contributed by atoms with Crippen LogP contribution in [-0.2, 0) is 11.2 Å². The smallest absolute Gasteiger partial charge is 0.227 e. The lowest BCUT2D eigenvalue weighted by Gasteiger charge is -2.22. The van der Waals surface area contributed by atoms with E-state index in [9.17, 15) is 4.79 Å². The number of aromatic nitrogens is 1. The van der Waals surface area contributed by atoms with Crippen LogP contribution in [0.15, 0.2) is 29.6 Å². The van der Waals surface area contributed by atoms with Crippen LogP contribution >= 0.6 is 11.3 Å². The summed E-state index contributed by atoms with van der Waals surface area (Å²) in [6.07, 6.45) is 6.34. The van der Waals surface area contributed by atoms with Crippen molar-refractivity contribution in [2.24, 2.45) is 0 Å². The van der Waals surface area contributed by atoms with Gasteiger partial charge in [-0.05, 0) is 25.0 Å². The molecule has 1 aromatic heterocycles. The van der Waals surface area contributed by atoms with E-state index >= 15 is 0 Å². The van der Waals surface area contributed by atoms with Gasteiger partial charge in [0.15, 0.2) is 0 Å². The first-order chi connectivity index (χ1) is 10.7. The number of amides is 1. The van der Waals surface area contributed by atoms with E-state index in [4.69, 9.17) is 5.73 Å². The highest BCUT2D eigenvalue weighted by atomic mass is 32.1. The molecule has 1 aliphatic carbocycles. The van der Waals surface area contributed by atoms with Gasteiger partial charge in [-0.2, -0.15) is 0 Å². The van der Waals surface area contributed by atoms with Crippen LogP contribution in [-0.4, -0.2) is 16.9 Å². The molecule has 3 rings (SSSR count). The Kier molecular flexibility index (Phi) is 4.73. The van der Waals surface area contributed by atoms with Crippen molar-refractivity contribution in [3.8, 4) is 11.3 Å². The number of benzene rings is 1. The molecule has 0 saturated heterocycles. The van der Waals surface area contributed by atoms with Crippen molar-refractivity contribution in [1.29, 1.82) is 0 Å². The van der Waals surface area contributed by atoms with Gasteiger partial charge in [-0.25, -0.2) is 4.98 Å². The maximum absolute atomic E-state index is 12.1. The third-order valence-electron chi connectivity index (χ3n) is 4.04. The van der Waals surface area contributed by atoms with E-state index < -0.39 is 0 Å². The van der Waals surface area contributed by atoms with Gasteiger partial charge >= 0.3 is 0 Å². The van der Waals surface area contributed by atoms with Gasteiger partial charge in [-0.15, -0.1) is 11.3 Å². The lowest BCUT2D eigenvalue weighted by Crippen LogP contribution is -2.37. The molecule has 22 heavy (non-hydrogen) atoms. The highest BCUT2D eigenvalue weighted by Crippen LogP contribution is 2.23. The molecule has 1 saturated carbocycles. The van der Waals surface area contributed by atoms with Gasteiger partial charge in [0.05, 0.1) is 12.1 Å². The van der Waals surface area contributed by atoms with Crippen molar-refractivity contribution >= 4 is 22.9 Å². The monoisotopic (exact) mass is 315 g/mol. The largest absolute Gasteiger partial charge is 0.399 e. The highest BCUT2D eigenvalue weighted by molar-refractivity contribution is 7.10. The maximum Gasteiger partial charge on any atom is 0.227 e. The quantitative estimate of drug-likeness (QED) is 0.850. The Morgan fingerprint density at radius 1 is 1.23 bits per heavy atom. The fourth-order valence-corrected chi connectivity index (χ4v) is 3.64.